The average molecular weight is 368 g/mol. The van der Waals surface area contributed by atoms with Crippen molar-refractivity contribution in [2.45, 2.75) is 18.9 Å². The van der Waals surface area contributed by atoms with Crippen LogP contribution in [0.25, 0.3) is 5.69 Å². The first kappa shape index (κ1) is 17.7. The van der Waals surface area contributed by atoms with Gasteiger partial charge in [0.15, 0.2) is 0 Å². The number of ether oxygens (including phenoxy) is 1. The van der Waals surface area contributed by atoms with Crippen LogP contribution in [-0.4, -0.2) is 70.8 Å². The lowest BCUT2D eigenvalue weighted by molar-refractivity contribution is -0.140. The molecule has 2 aromatic rings. The van der Waals surface area contributed by atoms with Crippen LogP contribution < -0.4 is 0 Å². The van der Waals surface area contributed by atoms with Gasteiger partial charge in [0, 0.05) is 50.7 Å². The Morgan fingerprint density at radius 3 is 2.74 bits per heavy atom. The monoisotopic (exact) mass is 368 g/mol. The van der Waals surface area contributed by atoms with E-state index < -0.39 is 0 Å². The summed E-state index contributed by atoms with van der Waals surface area (Å²) in [6.07, 6.45) is 5.39. The molecule has 2 bridgehead atoms. The number of piperidine rings is 1. The number of aromatic nitrogens is 2. The van der Waals surface area contributed by atoms with E-state index in [1.807, 2.05) is 46.3 Å². The van der Waals surface area contributed by atoms with Crippen LogP contribution >= 0.6 is 0 Å². The molecule has 7 nitrogen and oxygen atoms in total. The minimum Gasteiger partial charge on any atom is -0.383 e. The van der Waals surface area contributed by atoms with Crippen molar-refractivity contribution in [1.82, 2.24) is 19.6 Å². The number of methoxy groups -OCH3 is 1. The number of nitrogens with zero attached hydrogens (tertiary/aromatic N) is 4. The van der Waals surface area contributed by atoms with Crippen molar-refractivity contribution >= 4 is 11.8 Å². The number of hydrogen-bond acceptors (Lipinski definition) is 4. The Bertz CT molecular complexity index is 803. The van der Waals surface area contributed by atoms with Crippen LogP contribution in [0.3, 0.4) is 0 Å². The van der Waals surface area contributed by atoms with Crippen LogP contribution in [-0.2, 0) is 9.53 Å². The fraction of sp³-hybridized carbons (Fsp3) is 0.450. The van der Waals surface area contributed by atoms with E-state index in [0.29, 0.717) is 31.8 Å². The molecule has 1 aromatic heterocycles. The normalized spacial score (nSPS) is 22.2. The van der Waals surface area contributed by atoms with Crippen LogP contribution in [0.5, 0.6) is 0 Å². The standard InChI is InChI=1S/C20H24N4O3/c1-27-12-11-23-18-8-5-16(20(23)26)13-22(14-18)19(25)15-3-6-17(7-4-15)24-10-2-9-21-24/h2-4,6-7,9-10,16,18H,5,8,11-14H2,1H3/t16-,18+/m0/s1. The highest BCUT2D eigenvalue weighted by Gasteiger charge is 2.41. The maximum Gasteiger partial charge on any atom is 0.253 e. The van der Waals surface area contributed by atoms with Gasteiger partial charge in [-0.1, -0.05) is 0 Å². The molecule has 142 valence electrons. The highest BCUT2D eigenvalue weighted by molar-refractivity contribution is 5.95. The van der Waals surface area contributed by atoms with Crippen molar-refractivity contribution in [3.8, 4) is 5.69 Å². The van der Waals surface area contributed by atoms with E-state index in [-0.39, 0.29) is 23.8 Å². The van der Waals surface area contributed by atoms with E-state index in [2.05, 4.69) is 5.10 Å². The number of rotatable bonds is 5. The van der Waals surface area contributed by atoms with Gasteiger partial charge >= 0.3 is 0 Å². The molecule has 3 fully saturated rings. The van der Waals surface area contributed by atoms with Crippen molar-refractivity contribution in [3.63, 3.8) is 0 Å². The molecule has 0 aliphatic carbocycles. The molecule has 0 saturated carbocycles. The Morgan fingerprint density at radius 1 is 1.22 bits per heavy atom. The van der Waals surface area contributed by atoms with E-state index in [1.165, 1.54) is 0 Å². The number of amides is 2. The van der Waals surface area contributed by atoms with E-state index in [4.69, 9.17) is 4.74 Å². The molecule has 0 radical (unpaired) electrons. The van der Waals surface area contributed by atoms with Crippen molar-refractivity contribution < 1.29 is 14.3 Å². The van der Waals surface area contributed by atoms with Crippen LogP contribution in [0.4, 0.5) is 0 Å². The Kier molecular flexibility index (Phi) is 4.94. The van der Waals surface area contributed by atoms with E-state index in [0.717, 1.165) is 18.5 Å². The molecule has 0 N–H and O–H groups in total. The quantitative estimate of drug-likeness (QED) is 0.804. The summed E-state index contributed by atoms with van der Waals surface area (Å²) in [5.74, 6) is 0.0424. The van der Waals surface area contributed by atoms with Crippen molar-refractivity contribution in [2.24, 2.45) is 5.92 Å². The van der Waals surface area contributed by atoms with Crippen molar-refractivity contribution in [1.29, 1.82) is 0 Å². The second-order valence-corrected chi connectivity index (χ2v) is 7.16. The molecule has 0 unspecified atom stereocenters. The minimum absolute atomic E-state index is 0.0136. The van der Waals surface area contributed by atoms with Crippen molar-refractivity contribution in [3.05, 3.63) is 48.3 Å². The number of carbonyl (C=O) groups is 2. The number of carbonyl (C=O) groups excluding carboxylic acids is 2. The maximum atomic E-state index is 13.0. The highest BCUT2D eigenvalue weighted by Crippen LogP contribution is 2.29. The molecule has 0 spiro atoms. The zero-order valence-corrected chi connectivity index (χ0v) is 15.5. The van der Waals surface area contributed by atoms with Gasteiger partial charge in [0.2, 0.25) is 5.91 Å². The molecule has 5 rings (SSSR count). The Hall–Kier alpha value is -2.67. The van der Waals surface area contributed by atoms with Gasteiger partial charge in [0.05, 0.1) is 18.2 Å². The molecular weight excluding hydrogens is 344 g/mol. The van der Waals surface area contributed by atoms with Crippen LogP contribution in [0.1, 0.15) is 23.2 Å². The number of hydrogen-bond donors (Lipinski definition) is 0. The Balaban J connectivity index is 1.50. The third kappa shape index (κ3) is 3.47. The van der Waals surface area contributed by atoms with E-state index in [1.54, 1.807) is 18.0 Å². The molecule has 4 heterocycles. The fourth-order valence-corrected chi connectivity index (χ4v) is 4.05. The van der Waals surface area contributed by atoms with Gasteiger partial charge in [-0.3, -0.25) is 9.59 Å². The van der Waals surface area contributed by atoms with Crippen molar-refractivity contribution in [2.75, 3.05) is 33.4 Å². The molecular formula is C20H24N4O3. The third-order valence-corrected chi connectivity index (χ3v) is 5.50. The average Bonchev–Trinajstić information content (AvgIpc) is 3.10. The summed E-state index contributed by atoms with van der Waals surface area (Å²) in [5.41, 5.74) is 1.55. The molecule has 2 amide bonds. The molecule has 3 saturated heterocycles. The summed E-state index contributed by atoms with van der Waals surface area (Å²) >= 11 is 0. The molecule has 3 aliphatic rings. The third-order valence-electron chi connectivity index (χ3n) is 5.50. The summed E-state index contributed by atoms with van der Waals surface area (Å²) < 4.78 is 6.90. The van der Waals surface area contributed by atoms with Gasteiger partial charge in [0.25, 0.3) is 5.91 Å². The Morgan fingerprint density at radius 2 is 2.04 bits per heavy atom. The predicted octanol–water partition coefficient (Wildman–Crippen LogP) is 1.58. The lowest BCUT2D eigenvalue weighted by Crippen LogP contribution is -2.49. The summed E-state index contributed by atoms with van der Waals surface area (Å²) in [5, 5.41) is 4.20. The maximum absolute atomic E-state index is 13.0. The number of benzene rings is 1. The first-order chi connectivity index (χ1) is 13.2. The number of fused-ring (bicyclic) bond motifs is 4. The molecule has 27 heavy (non-hydrogen) atoms. The van der Waals surface area contributed by atoms with E-state index >= 15 is 0 Å². The second-order valence-electron chi connectivity index (χ2n) is 7.16. The highest BCUT2D eigenvalue weighted by atomic mass is 16.5. The van der Waals surface area contributed by atoms with Gasteiger partial charge in [0.1, 0.15) is 0 Å². The lowest BCUT2D eigenvalue weighted by Gasteiger charge is -2.35. The Labute approximate surface area is 158 Å². The SMILES string of the molecule is COCCN1C(=O)[C@H]2CC[C@@H]1CN(C(=O)c1ccc(-n3cccn3)cc1)C2. The fourth-order valence-electron chi connectivity index (χ4n) is 4.05. The molecule has 3 aliphatic heterocycles. The zero-order chi connectivity index (χ0) is 18.8. The first-order valence-electron chi connectivity index (χ1n) is 9.36. The topological polar surface area (TPSA) is 67.7 Å². The lowest BCUT2D eigenvalue weighted by atomic mass is 9.94. The van der Waals surface area contributed by atoms with Gasteiger partial charge in [-0.15, -0.1) is 0 Å². The molecule has 1 aromatic carbocycles. The van der Waals surface area contributed by atoms with E-state index in [9.17, 15) is 9.59 Å². The van der Waals surface area contributed by atoms with Gasteiger partial charge in [-0.05, 0) is 43.2 Å². The molecule has 2 atom stereocenters. The van der Waals surface area contributed by atoms with Crippen LogP contribution in [0.15, 0.2) is 42.7 Å². The van der Waals surface area contributed by atoms with Gasteiger partial charge < -0.3 is 14.5 Å². The van der Waals surface area contributed by atoms with Gasteiger partial charge in [-0.2, -0.15) is 5.10 Å². The first-order valence-corrected chi connectivity index (χ1v) is 9.36. The molecule has 7 heteroatoms. The smallest absolute Gasteiger partial charge is 0.253 e. The van der Waals surface area contributed by atoms with Crippen LogP contribution in [0.2, 0.25) is 0 Å². The summed E-state index contributed by atoms with van der Waals surface area (Å²) in [6, 6.07) is 9.38. The predicted molar refractivity (Wildman–Crippen MR) is 99.6 cm³/mol. The second kappa shape index (κ2) is 7.52. The summed E-state index contributed by atoms with van der Waals surface area (Å²) in [4.78, 5) is 29.5. The summed E-state index contributed by atoms with van der Waals surface area (Å²) in [7, 11) is 1.64. The largest absolute Gasteiger partial charge is 0.383 e. The van der Waals surface area contributed by atoms with Crippen LogP contribution in [0, 0.1) is 5.92 Å². The zero-order valence-electron chi connectivity index (χ0n) is 15.5. The summed E-state index contributed by atoms with van der Waals surface area (Å²) in [6.45, 7) is 2.21. The van der Waals surface area contributed by atoms with Gasteiger partial charge in [-0.25, -0.2) is 4.68 Å². The minimum atomic E-state index is -0.104.